The molecule has 1 aromatic carbocycles. The van der Waals surface area contributed by atoms with Gasteiger partial charge in [0.15, 0.2) is 0 Å². The highest BCUT2D eigenvalue weighted by Gasteiger charge is 2.03. The highest BCUT2D eigenvalue weighted by atomic mass is 35.5. The summed E-state index contributed by atoms with van der Waals surface area (Å²) >= 11 is 11.8. The normalized spacial score (nSPS) is 12.8. The van der Waals surface area contributed by atoms with E-state index in [9.17, 15) is 0 Å². The van der Waals surface area contributed by atoms with Crippen LogP contribution in [0.4, 0.5) is 0 Å². The molecule has 0 saturated carbocycles. The summed E-state index contributed by atoms with van der Waals surface area (Å²) in [5.74, 6) is 0.594. The van der Waals surface area contributed by atoms with E-state index in [0.29, 0.717) is 22.6 Å². The highest BCUT2D eigenvalue weighted by Crippen LogP contribution is 2.21. The van der Waals surface area contributed by atoms with Crippen molar-refractivity contribution in [1.29, 1.82) is 0 Å². The molecule has 0 bridgehead atoms. The van der Waals surface area contributed by atoms with Gasteiger partial charge in [0, 0.05) is 16.7 Å². The Morgan fingerprint density at radius 3 is 2.67 bits per heavy atom. The topological polar surface area (TPSA) is 9.23 Å². The van der Waals surface area contributed by atoms with Crippen molar-refractivity contribution in [3.8, 4) is 0 Å². The first-order chi connectivity index (χ1) is 7.13. The molecule has 3 heteroatoms. The second kappa shape index (κ2) is 6.37. The predicted octanol–water partition coefficient (Wildman–Crippen LogP) is 4.56. The zero-order chi connectivity index (χ0) is 11.3. The lowest BCUT2D eigenvalue weighted by Crippen LogP contribution is -2.04. The minimum atomic E-state index is 0.556. The molecule has 1 atom stereocenters. The van der Waals surface area contributed by atoms with E-state index in [1.54, 1.807) is 6.07 Å². The van der Waals surface area contributed by atoms with Gasteiger partial charge in [-0.3, -0.25) is 0 Å². The lowest BCUT2D eigenvalue weighted by Gasteiger charge is -2.10. The SMILES string of the molecule is CCC(C)COCc1ccc(Cl)cc1Cl. The summed E-state index contributed by atoms with van der Waals surface area (Å²) < 4.78 is 5.57. The Kier molecular flexibility index (Phi) is 5.44. The van der Waals surface area contributed by atoms with Crippen LogP contribution in [-0.2, 0) is 11.3 Å². The van der Waals surface area contributed by atoms with Gasteiger partial charge in [0.05, 0.1) is 6.61 Å². The molecule has 1 nitrogen and oxygen atoms in total. The van der Waals surface area contributed by atoms with E-state index in [1.165, 1.54) is 0 Å². The van der Waals surface area contributed by atoms with Crippen LogP contribution in [0.5, 0.6) is 0 Å². The maximum absolute atomic E-state index is 6.01. The van der Waals surface area contributed by atoms with Crippen LogP contribution in [0.15, 0.2) is 18.2 Å². The van der Waals surface area contributed by atoms with Crippen molar-refractivity contribution in [2.24, 2.45) is 5.92 Å². The zero-order valence-corrected chi connectivity index (χ0v) is 10.6. The smallest absolute Gasteiger partial charge is 0.0731 e. The largest absolute Gasteiger partial charge is 0.376 e. The summed E-state index contributed by atoms with van der Waals surface area (Å²) in [6, 6.07) is 5.47. The second-order valence-corrected chi connectivity index (χ2v) is 4.61. The van der Waals surface area contributed by atoms with E-state index in [0.717, 1.165) is 18.6 Å². The standard InChI is InChI=1S/C12H16Cl2O/c1-3-9(2)7-15-8-10-4-5-11(13)6-12(10)14/h4-6,9H,3,7-8H2,1-2H3. The van der Waals surface area contributed by atoms with Gasteiger partial charge in [-0.15, -0.1) is 0 Å². The first-order valence-corrected chi connectivity index (χ1v) is 5.90. The van der Waals surface area contributed by atoms with E-state index >= 15 is 0 Å². The van der Waals surface area contributed by atoms with Crippen molar-refractivity contribution in [3.63, 3.8) is 0 Å². The lowest BCUT2D eigenvalue weighted by atomic mass is 10.1. The minimum Gasteiger partial charge on any atom is -0.376 e. The molecule has 0 heterocycles. The number of benzene rings is 1. The summed E-state index contributed by atoms with van der Waals surface area (Å²) in [5, 5.41) is 1.33. The van der Waals surface area contributed by atoms with Gasteiger partial charge < -0.3 is 4.74 Å². The molecule has 1 unspecified atom stereocenters. The molecule has 15 heavy (non-hydrogen) atoms. The van der Waals surface area contributed by atoms with Gasteiger partial charge in [0.2, 0.25) is 0 Å². The van der Waals surface area contributed by atoms with Gasteiger partial charge in [-0.1, -0.05) is 49.5 Å². The highest BCUT2D eigenvalue weighted by molar-refractivity contribution is 6.35. The Bertz CT molecular complexity index is 312. The van der Waals surface area contributed by atoms with Crippen molar-refractivity contribution in [2.45, 2.75) is 26.9 Å². The molecule has 0 aliphatic carbocycles. The van der Waals surface area contributed by atoms with Crippen LogP contribution in [-0.4, -0.2) is 6.61 Å². The van der Waals surface area contributed by atoms with E-state index in [1.807, 2.05) is 12.1 Å². The quantitative estimate of drug-likeness (QED) is 0.741. The molecule has 0 aromatic heterocycles. The van der Waals surface area contributed by atoms with Gasteiger partial charge in [0.1, 0.15) is 0 Å². The average molecular weight is 247 g/mol. The van der Waals surface area contributed by atoms with Crippen LogP contribution in [0.25, 0.3) is 0 Å². The third-order valence-electron chi connectivity index (χ3n) is 2.37. The number of hydrogen-bond donors (Lipinski definition) is 0. The van der Waals surface area contributed by atoms with Crippen molar-refractivity contribution >= 4 is 23.2 Å². The third-order valence-corrected chi connectivity index (χ3v) is 2.96. The van der Waals surface area contributed by atoms with Crippen LogP contribution < -0.4 is 0 Å². The average Bonchev–Trinajstić information content (AvgIpc) is 2.21. The fraction of sp³-hybridized carbons (Fsp3) is 0.500. The first kappa shape index (κ1) is 12.8. The molecule has 1 aromatic rings. The first-order valence-electron chi connectivity index (χ1n) is 5.15. The van der Waals surface area contributed by atoms with Gasteiger partial charge in [0.25, 0.3) is 0 Å². The Morgan fingerprint density at radius 1 is 1.33 bits per heavy atom. The van der Waals surface area contributed by atoms with E-state index < -0.39 is 0 Å². The van der Waals surface area contributed by atoms with Crippen LogP contribution in [0.3, 0.4) is 0 Å². The number of hydrogen-bond acceptors (Lipinski definition) is 1. The summed E-state index contributed by atoms with van der Waals surface area (Å²) in [4.78, 5) is 0. The van der Waals surface area contributed by atoms with Crippen molar-refractivity contribution in [1.82, 2.24) is 0 Å². The van der Waals surface area contributed by atoms with Gasteiger partial charge in [-0.2, -0.15) is 0 Å². The molecule has 0 radical (unpaired) electrons. The predicted molar refractivity (Wildman–Crippen MR) is 65.6 cm³/mol. The van der Waals surface area contributed by atoms with Crippen LogP contribution in [0.1, 0.15) is 25.8 Å². The van der Waals surface area contributed by atoms with E-state index in [-0.39, 0.29) is 0 Å². The van der Waals surface area contributed by atoms with E-state index in [2.05, 4.69) is 13.8 Å². The van der Waals surface area contributed by atoms with Crippen LogP contribution in [0, 0.1) is 5.92 Å². The molecule has 0 aliphatic heterocycles. The Labute approximate surface area is 101 Å². The molecule has 1 rings (SSSR count). The van der Waals surface area contributed by atoms with Gasteiger partial charge in [-0.25, -0.2) is 0 Å². The maximum atomic E-state index is 6.01. The monoisotopic (exact) mass is 246 g/mol. The number of ether oxygens (including phenoxy) is 1. The van der Waals surface area contributed by atoms with Crippen molar-refractivity contribution in [2.75, 3.05) is 6.61 Å². The Hall–Kier alpha value is -0.240. The van der Waals surface area contributed by atoms with E-state index in [4.69, 9.17) is 27.9 Å². The molecular formula is C12H16Cl2O. The summed E-state index contributed by atoms with van der Waals surface area (Å²) in [6.45, 7) is 5.66. The fourth-order valence-corrected chi connectivity index (χ4v) is 1.59. The zero-order valence-electron chi connectivity index (χ0n) is 9.09. The Balaban J connectivity index is 2.44. The third kappa shape index (κ3) is 4.42. The molecule has 0 amide bonds. The van der Waals surface area contributed by atoms with Gasteiger partial charge in [-0.05, 0) is 23.6 Å². The molecule has 84 valence electrons. The summed E-state index contributed by atoms with van der Waals surface area (Å²) in [7, 11) is 0. The molecule has 0 N–H and O–H groups in total. The molecule has 0 fully saturated rings. The number of halogens is 2. The molecule has 0 saturated heterocycles. The lowest BCUT2D eigenvalue weighted by molar-refractivity contribution is 0.0911. The maximum Gasteiger partial charge on any atom is 0.0731 e. The molecule has 0 aliphatic rings. The summed E-state index contributed by atoms with van der Waals surface area (Å²) in [5.41, 5.74) is 0.990. The Morgan fingerprint density at radius 2 is 2.07 bits per heavy atom. The second-order valence-electron chi connectivity index (χ2n) is 3.76. The summed E-state index contributed by atoms with van der Waals surface area (Å²) in [6.07, 6.45) is 1.13. The fourth-order valence-electron chi connectivity index (χ4n) is 1.13. The van der Waals surface area contributed by atoms with Crippen molar-refractivity contribution < 1.29 is 4.74 Å². The van der Waals surface area contributed by atoms with Crippen LogP contribution >= 0.6 is 23.2 Å². The van der Waals surface area contributed by atoms with Gasteiger partial charge >= 0.3 is 0 Å². The van der Waals surface area contributed by atoms with Crippen LogP contribution in [0.2, 0.25) is 10.0 Å². The van der Waals surface area contributed by atoms with Crippen molar-refractivity contribution in [3.05, 3.63) is 33.8 Å². The molecule has 0 spiro atoms. The molecular weight excluding hydrogens is 231 g/mol. The number of rotatable bonds is 5. The minimum absolute atomic E-state index is 0.556.